The summed E-state index contributed by atoms with van der Waals surface area (Å²) in [5.41, 5.74) is 4.17. The first-order valence-corrected chi connectivity index (χ1v) is 8.62. The number of benzene rings is 2. The molecule has 0 unspecified atom stereocenters. The first-order valence-electron chi connectivity index (χ1n) is 8.62. The van der Waals surface area contributed by atoms with E-state index < -0.39 is 11.9 Å². The second-order valence-electron chi connectivity index (χ2n) is 6.26. The van der Waals surface area contributed by atoms with Crippen molar-refractivity contribution in [3.05, 3.63) is 77.2 Å². The third kappa shape index (κ3) is 4.50. The van der Waals surface area contributed by atoms with Gasteiger partial charge in [0.2, 0.25) is 0 Å². The minimum atomic E-state index is -0.474. The van der Waals surface area contributed by atoms with Crippen LogP contribution in [0.3, 0.4) is 0 Å². The maximum Gasteiger partial charge on any atom is 0.337 e. The molecule has 3 aromatic rings. The van der Waals surface area contributed by atoms with Gasteiger partial charge in [0.05, 0.1) is 25.1 Å². The topological polar surface area (TPSA) is 93.2 Å². The van der Waals surface area contributed by atoms with Gasteiger partial charge in [-0.25, -0.2) is 14.8 Å². The van der Waals surface area contributed by atoms with Gasteiger partial charge in [0, 0.05) is 11.4 Å². The first kappa shape index (κ1) is 19.0. The Hall–Kier alpha value is -3.74. The highest BCUT2D eigenvalue weighted by Crippen LogP contribution is 2.20. The summed E-state index contributed by atoms with van der Waals surface area (Å²) in [6.07, 6.45) is 2.89. The molecule has 0 aliphatic carbocycles. The molecule has 0 atom stereocenters. The van der Waals surface area contributed by atoms with Crippen molar-refractivity contribution >= 4 is 29.1 Å². The summed E-state index contributed by atoms with van der Waals surface area (Å²) in [7, 11) is 1.30. The number of hydrogen-bond acceptors (Lipinski definition) is 6. The minimum absolute atomic E-state index is 0.162. The maximum absolute atomic E-state index is 12.4. The van der Waals surface area contributed by atoms with E-state index in [1.54, 1.807) is 18.2 Å². The largest absolute Gasteiger partial charge is 0.465 e. The Morgan fingerprint density at radius 1 is 1.00 bits per heavy atom. The number of hydrogen-bond donors (Lipinski definition) is 2. The Morgan fingerprint density at radius 2 is 1.82 bits per heavy atom. The summed E-state index contributed by atoms with van der Waals surface area (Å²) < 4.78 is 4.68. The Balaban J connectivity index is 1.69. The molecule has 0 aliphatic rings. The van der Waals surface area contributed by atoms with Crippen molar-refractivity contribution in [1.82, 2.24) is 9.97 Å². The van der Waals surface area contributed by atoms with E-state index in [0.717, 1.165) is 11.3 Å². The van der Waals surface area contributed by atoms with Crippen molar-refractivity contribution in [3.63, 3.8) is 0 Å². The number of aryl methyl sites for hydroxylation is 2. The maximum atomic E-state index is 12.4. The molecule has 0 saturated heterocycles. The molecule has 7 nitrogen and oxygen atoms in total. The van der Waals surface area contributed by atoms with Crippen LogP contribution in [0.5, 0.6) is 0 Å². The predicted octanol–water partition coefficient (Wildman–Crippen LogP) is 3.88. The van der Waals surface area contributed by atoms with Gasteiger partial charge in [-0.05, 0) is 43.7 Å². The van der Waals surface area contributed by atoms with Gasteiger partial charge in [-0.2, -0.15) is 0 Å². The fourth-order valence-electron chi connectivity index (χ4n) is 2.64. The summed E-state index contributed by atoms with van der Waals surface area (Å²) in [5, 5.41) is 5.88. The predicted molar refractivity (Wildman–Crippen MR) is 107 cm³/mol. The zero-order valence-electron chi connectivity index (χ0n) is 15.8. The third-order valence-corrected chi connectivity index (χ3v) is 4.07. The molecule has 1 aromatic heterocycles. The lowest BCUT2D eigenvalue weighted by molar-refractivity contribution is 0.0600. The zero-order valence-corrected chi connectivity index (χ0v) is 15.8. The van der Waals surface area contributed by atoms with Gasteiger partial charge >= 0.3 is 5.97 Å². The van der Waals surface area contributed by atoms with Crippen molar-refractivity contribution in [2.24, 2.45) is 0 Å². The standard InChI is InChI=1S/C21H20N4O3/c1-13-7-8-17(14(2)9-13)25-19-12-22-18(11-23-19)20(26)24-16-6-4-5-15(10-16)21(27)28-3/h4-12H,1-3H3,(H,23,25)(H,24,26). The van der Waals surface area contributed by atoms with Crippen LogP contribution in [0.25, 0.3) is 0 Å². The van der Waals surface area contributed by atoms with Crippen LogP contribution in [0.2, 0.25) is 0 Å². The lowest BCUT2D eigenvalue weighted by Gasteiger charge is -2.10. The molecule has 142 valence electrons. The van der Waals surface area contributed by atoms with Crippen LogP contribution in [0.1, 0.15) is 32.0 Å². The monoisotopic (exact) mass is 376 g/mol. The van der Waals surface area contributed by atoms with Crippen molar-refractivity contribution < 1.29 is 14.3 Å². The highest BCUT2D eigenvalue weighted by Gasteiger charge is 2.11. The zero-order chi connectivity index (χ0) is 20.1. The minimum Gasteiger partial charge on any atom is -0.465 e. The highest BCUT2D eigenvalue weighted by atomic mass is 16.5. The molecule has 1 heterocycles. The molecule has 7 heteroatoms. The molecule has 3 rings (SSSR count). The Morgan fingerprint density at radius 3 is 2.50 bits per heavy atom. The lowest BCUT2D eigenvalue weighted by atomic mass is 10.1. The van der Waals surface area contributed by atoms with E-state index in [4.69, 9.17) is 0 Å². The highest BCUT2D eigenvalue weighted by molar-refractivity contribution is 6.03. The van der Waals surface area contributed by atoms with E-state index in [0.29, 0.717) is 17.1 Å². The average molecular weight is 376 g/mol. The Labute approximate surface area is 162 Å². The van der Waals surface area contributed by atoms with Crippen molar-refractivity contribution in [1.29, 1.82) is 0 Å². The van der Waals surface area contributed by atoms with Gasteiger partial charge in [-0.15, -0.1) is 0 Å². The number of esters is 1. The molecule has 0 aliphatic heterocycles. The van der Waals surface area contributed by atoms with Gasteiger partial charge in [-0.1, -0.05) is 23.8 Å². The number of rotatable bonds is 5. The van der Waals surface area contributed by atoms with Crippen LogP contribution in [-0.4, -0.2) is 29.0 Å². The number of carbonyl (C=O) groups excluding carboxylic acids is 2. The smallest absolute Gasteiger partial charge is 0.337 e. The molecule has 2 N–H and O–H groups in total. The molecule has 0 fully saturated rings. The average Bonchev–Trinajstić information content (AvgIpc) is 2.70. The first-order chi connectivity index (χ1) is 13.5. The quantitative estimate of drug-likeness (QED) is 0.657. The van der Waals surface area contributed by atoms with Crippen LogP contribution < -0.4 is 10.6 Å². The number of nitrogens with one attached hydrogen (secondary N) is 2. The Bertz CT molecular complexity index is 1020. The summed E-state index contributed by atoms with van der Waals surface area (Å²) in [6, 6.07) is 12.5. The molecule has 0 saturated carbocycles. The van der Waals surface area contributed by atoms with Crippen LogP contribution in [0.4, 0.5) is 17.2 Å². The normalized spacial score (nSPS) is 10.2. The van der Waals surface area contributed by atoms with E-state index in [1.807, 2.05) is 26.0 Å². The fraction of sp³-hybridized carbons (Fsp3) is 0.143. The van der Waals surface area contributed by atoms with Crippen LogP contribution in [0, 0.1) is 13.8 Å². The van der Waals surface area contributed by atoms with Crippen molar-refractivity contribution in [3.8, 4) is 0 Å². The van der Waals surface area contributed by atoms with Crippen LogP contribution in [0.15, 0.2) is 54.9 Å². The molecule has 0 bridgehead atoms. The van der Waals surface area contributed by atoms with Gasteiger partial charge in [-0.3, -0.25) is 4.79 Å². The Kier molecular flexibility index (Phi) is 5.64. The van der Waals surface area contributed by atoms with Gasteiger partial charge in [0.25, 0.3) is 5.91 Å². The molecule has 2 aromatic carbocycles. The number of nitrogens with zero attached hydrogens (tertiary/aromatic N) is 2. The summed E-state index contributed by atoms with van der Waals surface area (Å²) in [5.74, 6) is -0.360. The number of carbonyl (C=O) groups is 2. The van der Waals surface area contributed by atoms with Gasteiger partial charge in [0.15, 0.2) is 0 Å². The number of methoxy groups -OCH3 is 1. The molecular formula is C21H20N4O3. The van der Waals surface area contributed by atoms with E-state index in [1.165, 1.54) is 31.1 Å². The third-order valence-electron chi connectivity index (χ3n) is 4.07. The fourth-order valence-corrected chi connectivity index (χ4v) is 2.64. The summed E-state index contributed by atoms with van der Waals surface area (Å²) in [6.45, 7) is 4.04. The molecule has 0 spiro atoms. The molecule has 0 radical (unpaired) electrons. The number of amides is 1. The van der Waals surface area contributed by atoms with Crippen molar-refractivity contribution in [2.75, 3.05) is 17.7 Å². The number of aromatic nitrogens is 2. The second kappa shape index (κ2) is 8.30. The number of ether oxygens (including phenoxy) is 1. The SMILES string of the molecule is COC(=O)c1cccc(NC(=O)c2cnc(Nc3ccc(C)cc3C)cn2)c1. The van der Waals surface area contributed by atoms with E-state index in [2.05, 4.69) is 31.4 Å². The summed E-state index contributed by atoms with van der Waals surface area (Å²) >= 11 is 0. The van der Waals surface area contributed by atoms with Gasteiger partial charge in [0.1, 0.15) is 11.5 Å². The lowest BCUT2D eigenvalue weighted by Crippen LogP contribution is -2.14. The molecule has 28 heavy (non-hydrogen) atoms. The van der Waals surface area contributed by atoms with Crippen LogP contribution in [-0.2, 0) is 4.74 Å². The summed E-state index contributed by atoms with van der Waals surface area (Å²) in [4.78, 5) is 32.4. The molecular weight excluding hydrogens is 356 g/mol. The molecule has 1 amide bonds. The van der Waals surface area contributed by atoms with Crippen LogP contribution >= 0.6 is 0 Å². The van der Waals surface area contributed by atoms with E-state index >= 15 is 0 Å². The van der Waals surface area contributed by atoms with Crippen molar-refractivity contribution in [2.45, 2.75) is 13.8 Å². The number of anilines is 3. The second-order valence-corrected chi connectivity index (χ2v) is 6.26. The van der Waals surface area contributed by atoms with E-state index in [-0.39, 0.29) is 5.69 Å². The van der Waals surface area contributed by atoms with E-state index in [9.17, 15) is 9.59 Å². The van der Waals surface area contributed by atoms with Gasteiger partial charge < -0.3 is 15.4 Å².